The number of nitrogens with one attached hydrogen (secondary N) is 3. The molecule has 4 rings (SSSR count). The van der Waals surface area contributed by atoms with E-state index in [1.165, 1.54) is 0 Å². The fraction of sp³-hybridized carbons (Fsp3) is 0.333. The van der Waals surface area contributed by atoms with Gasteiger partial charge in [0.25, 0.3) is 5.91 Å². The predicted octanol–water partition coefficient (Wildman–Crippen LogP) is 3.67. The summed E-state index contributed by atoms with van der Waals surface area (Å²) < 4.78 is 0. The monoisotopic (exact) mass is 530 g/mol. The number of rotatable bonds is 9. The number of tetrazole rings is 1. The number of anilines is 1. The van der Waals surface area contributed by atoms with E-state index >= 15 is 0 Å². The van der Waals surface area contributed by atoms with Crippen LogP contribution in [0.25, 0.3) is 0 Å². The van der Waals surface area contributed by atoms with Crippen LogP contribution in [-0.2, 0) is 22.4 Å². The zero-order valence-electron chi connectivity index (χ0n) is 19.1. The minimum absolute atomic E-state index is 0.0733. The summed E-state index contributed by atoms with van der Waals surface area (Å²) in [6.07, 6.45) is 3.37. The highest BCUT2D eigenvalue weighted by molar-refractivity contribution is 6.40. The average molecular weight is 531 g/mol. The molecular formula is C24H24Cl2N6O4. The third-order valence-electron chi connectivity index (χ3n) is 6.37. The van der Waals surface area contributed by atoms with Crippen LogP contribution in [0.15, 0.2) is 42.5 Å². The van der Waals surface area contributed by atoms with Crippen molar-refractivity contribution in [1.82, 2.24) is 25.9 Å². The lowest BCUT2D eigenvalue weighted by atomic mass is 9.81. The van der Waals surface area contributed by atoms with Crippen molar-refractivity contribution < 1.29 is 19.5 Å². The number of carboxylic acids is 1. The number of hydrogen-bond donors (Lipinski definition) is 4. The highest BCUT2D eigenvalue weighted by Gasteiger charge is 2.43. The van der Waals surface area contributed by atoms with E-state index < -0.39 is 23.3 Å². The van der Waals surface area contributed by atoms with E-state index in [1.54, 1.807) is 42.5 Å². The van der Waals surface area contributed by atoms with Gasteiger partial charge in [-0.05, 0) is 42.7 Å². The molecule has 1 fully saturated rings. The lowest BCUT2D eigenvalue weighted by Crippen LogP contribution is -2.49. The molecule has 0 saturated heterocycles. The highest BCUT2D eigenvalue weighted by atomic mass is 35.5. The minimum atomic E-state index is -1.14. The Kier molecular flexibility index (Phi) is 7.85. The average Bonchev–Trinajstić information content (AvgIpc) is 3.53. The van der Waals surface area contributed by atoms with E-state index in [0.717, 1.165) is 12.8 Å². The Morgan fingerprint density at radius 2 is 1.72 bits per heavy atom. The lowest BCUT2D eigenvalue weighted by Gasteiger charge is -2.28. The number of carboxylic acid groups (broad SMARTS) is 1. The molecule has 2 amide bonds. The van der Waals surface area contributed by atoms with E-state index in [-0.39, 0.29) is 27.9 Å². The van der Waals surface area contributed by atoms with Gasteiger partial charge in [-0.1, -0.05) is 59.5 Å². The maximum absolute atomic E-state index is 13.2. The van der Waals surface area contributed by atoms with Crippen molar-refractivity contribution in [2.45, 2.75) is 44.6 Å². The van der Waals surface area contributed by atoms with Crippen molar-refractivity contribution in [2.75, 3.05) is 5.32 Å². The van der Waals surface area contributed by atoms with Gasteiger partial charge in [-0.3, -0.25) is 9.59 Å². The lowest BCUT2D eigenvalue weighted by molar-refractivity contribution is -0.143. The molecule has 1 aromatic heterocycles. The molecule has 1 aliphatic rings. The van der Waals surface area contributed by atoms with Crippen LogP contribution in [0.4, 0.5) is 5.69 Å². The molecule has 1 heterocycles. The molecule has 1 saturated carbocycles. The first kappa shape index (κ1) is 25.6. The van der Waals surface area contributed by atoms with E-state index in [4.69, 9.17) is 23.2 Å². The second-order valence-electron chi connectivity index (χ2n) is 8.81. The summed E-state index contributed by atoms with van der Waals surface area (Å²) >= 11 is 12.2. The summed E-state index contributed by atoms with van der Waals surface area (Å²) in [6.45, 7) is 0. The number of aromatic amines is 1. The molecule has 4 N–H and O–H groups in total. The van der Waals surface area contributed by atoms with Gasteiger partial charge in [-0.2, -0.15) is 5.21 Å². The molecule has 0 spiro atoms. The van der Waals surface area contributed by atoms with Gasteiger partial charge in [0.15, 0.2) is 5.82 Å². The summed E-state index contributed by atoms with van der Waals surface area (Å²) in [5.74, 6) is -1.49. The minimum Gasteiger partial charge on any atom is -0.480 e. The second-order valence-corrected chi connectivity index (χ2v) is 9.62. The van der Waals surface area contributed by atoms with Gasteiger partial charge in [0, 0.05) is 18.5 Å². The fourth-order valence-corrected chi connectivity index (χ4v) is 5.04. The van der Waals surface area contributed by atoms with Gasteiger partial charge in [-0.15, -0.1) is 10.2 Å². The van der Waals surface area contributed by atoms with Crippen molar-refractivity contribution in [1.29, 1.82) is 0 Å². The third kappa shape index (κ3) is 5.83. The van der Waals surface area contributed by atoms with Crippen LogP contribution in [-0.4, -0.2) is 49.6 Å². The Hall–Kier alpha value is -3.50. The van der Waals surface area contributed by atoms with E-state index in [0.29, 0.717) is 36.3 Å². The highest BCUT2D eigenvalue weighted by Crippen LogP contribution is 2.40. The Balaban J connectivity index is 1.42. The molecule has 10 nitrogen and oxygen atoms in total. The molecule has 0 aliphatic heterocycles. The smallest absolute Gasteiger partial charge is 0.326 e. The summed E-state index contributed by atoms with van der Waals surface area (Å²) in [6, 6.07) is 10.3. The normalized spacial score (nSPS) is 15.3. The molecule has 2 aromatic carbocycles. The standard InChI is InChI=1S/C24H24Cl2N6O4/c25-16-4-3-5-17(26)20(16)21(33)27-15-8-6-14(7-9-15)12-18(22(34)35)28-23(36)24(10-1-2-11-24)13-19-29-31-32-30-19/h3-9,18H,1-2,10-13H2,(H,27,33)(H,28,36)(H,34,35)(H,29,30,31,32)/t18-/m0/s1. The number of nitrogens with zero attached hydrogens (tertiary/aromatic N) is 3. The number of H-pyrrole nitrogens is 1. The molecular weight excluding hydrogens is 507 g/mol. The van der Waals surface area contributed by atoms with Crippen LogP contribution in [0.2, 0.25) is 10.0 Å². The van der Waals surface area contributed by atoms with Gasteiger partial charge in [0.05, 0.1) is 21.0 Å². The zero-order valence-corrected chi connectivity index (χ0v) is 20.6. The molecule has 12 heteroatoms. The van der Waals surface area contributed by atoms with Crippen LogP contribution in [0, 0.1) is 5.41 Å². The molecule has 3 aromatic rings. The summed E-state index contributed by atoms with van der Waals surface area (Å²) in [5.41, 5.74) is 0.571. The Morgan fingerprint density at radius 1 is 1.06 bits per heavy atom. The fourth-order valence-electron chi connectivity index (χ4n) is 4.48. The topological polar surface area (TPSA) is 150 Å². The van der Waals surface area contributed by atoms with Crippen molar-refractivity contribution >= 4 is 46.7 Å². The van der Waals surface area contributed by atoms with Crippen molar-refractivity contribution in [2.24, 2.45) is 5.41 Å². The first-order valence-electron chi connectivity index (χ1n) is 11.4. The van der Waals surface area contributed by atoms with E-state index in [9.17, 15) is 19.5 Å². The van der Waals surface area contributed by atoms with Crippen LogP contribution >= 0.6 is 23.2 Å². The van der Waals surface area contributed by atoms with Crippen molar-refractivity contribution in [3.8, 4) is 0 Å². The maximum Gasteiger partial charge on any atom is 0.326 e. The van der Waals surface area contributed by atoms with Crippen molar-refractivity contribution in [3.63, 3.8) is 0 Å². The van der Waals surface area contributed by atoms with Crippen LogP contribution < -0.4 is 10.6 Å². The number of hydrogen-bond acceptors (Lipinski definition) is 6. The molecule has 0 radical (unpaired) electrons. The number of aliphatic carboxylic acids is 1. The molecule has 0 unspecified atom stereocenters. The first-order valence-corrected chi connectivity index (χ1v) is 12.1. The molecule has 36 heavy (non-hydrogen) atoms. The number of aromatic nitrogens is 4. The van der Waals surface area contributed by atoms with Crippen LogP contribution in [0.1, 0.15) is 47.4 Å². The van der Waals surface area contributed by atoms with Gasteiger partial charge < -0.3 is 15.7 Å². The van der Waals surface area contributed by atoms with Crippen LogP contribution in [0.3, 0.4) is 0 Å². The predicted molar refractivity (Wildman–Crippen MR) is 133 cm³/mol. The quantitative estimate of drug-likeness (QED) is 0.329. The van der Waals surface area contributed by atoms with Gasteiger partial charge in [0.2, 0.25) is 5.91 Å². The molecule has 1 aliphatic carbocycles. The Bertz CT molecular complexity index is 1220. The largest absolute Gasteiger partial charge is 0.480 e. The van der Waals surface area contributed by atoms with Crippen LogP contribution in [0.5, 0.6) is 0 Å². The van der Waals surface area contributed by atoms with Gasteiger partial charge in [-0.25, -0.2) is 4.79 Å². The number of carbonyl (C=O) groups excluding carboxylic acids is 2. The van der Waals surface area contributed by atoms with E-state index in [1.807, 2.05) is 0 Å². The van der Waals surface area contributed by atoms with E-state index in [2.05, 4.69) is 31.3 Å². The maximum atomic E-state index is 13.2. The van der Waals surface area contributed by atoms with Gasteiger partial charge >= 0.3 is 5.97 Å². The number of amides is 2. The third-order valence-corrected chi connectivity index (χ3v) is 7.00. The molecule has 0 bridgehead atoms. The van der Waals surface area contributed by atoms with Crippen molar-refractivity contribution in [3.05, 3.63) is 69.5 Å². The second kappa shape index (κ2) is 11.0. The first-order chi connectivity index (χ1) is 17.3. The van der Waals surface area contributed by atoms with Gasteiger partial charge in [0.1, 0.15) is 6.04 Å². The number of carbonyl (C=O) groups is 3. The Labute approximate surface area is 216 Å². The summed E-state index contributed by atoms with van der Waals surface area (Å²) in [5, 5.41) is 29.5. The molecule has 1 atom stereocenters. The summed E-state index contributed by atoms with van der Waals surface area (Å²) in [4.78, 5) is 37.8. The SMILES string of the molecule is O=C(Nc1ccc(C[C@H](NC(=O)C2(Cc3nn[nH]n3)CCCC2)C(=O)O)cc1)c1c(Cl)cccc1Cl. The zero-order chi connectivity index (χ0) is 25.7. The Morgan fingerprint density at radius 3 is 2.31 bits per heavy atom. The number of benzene rings is 2. The molecule has 188 valence electrons. The number of halogens is 2. The summed E-state index contributed by atoms with van der Waals surface area (Å²) in [7, 11) is 0.